The van der Waals surface area contributed by atoms with Crippen molar-refractivity contribution >= 4 is 12.4 Å². The first-order valence-electron chi connectivity index (χ1n) is 6.30. The van der Waals surface area contributed by atoms with Crippen LogP contribution in [0.1, 0.15) is 44.9 Å². The van der Waals surface area contributed by atoms with E-state index in [0.717, 1.165) is 45.1 Å². The number of alkyl halides is 2. The van der Waals surface area contributed by atoms with Gasteiger partial charge in [-0.05, 0) is 32.2 Å². The van der Waals surface area contributed by atoms with Gasteiger partial charge in [0.2, 0.25) is 0 Å². The molecule has 0 aromatic rings. The lowest BCUT2D eigenvalue weighted by atomic mass is 9.77. The Hall–Kier alpha value is 0.110. The normalized spacial score (nSPS) is 28.5. The van der Waals surface area contributed by atoms with E-state index in [1.54, 1.807) is 0 Å². The first-order chi connectivity index (χ1) is 7.21. The van der Waals surface area contributed by atoms with Crippen LogP contribution in [0.3, 0.4) is 0 Å². The fourth-order valence-corrected chi connectivity index (χ4v) is 3.00. The van der Waals surface area contributed by atoms with Gasteiger partial charge in [0, 0.05) is 18.4 Å². The second kappa shape index (κ2) is 6.15. The lowest BCUT2D eigenvalue weighted by molar-refractivity contribution is -0.123. The molecule has 0 radical (unpaired) electrons. The van der Waals surface area contributed by atoms with Gasteiger partial charge in [0.25, 0.3) is 5.92 Å². The van der Waals surface area contributed by atoms with Crippen LogP contribution in [0.2, 0.25) is 0 Å². The van der Waals surface area contributed by atoms with E-state index < -0.39 is 11.8 Å². The molecule has 1 N–H and O–H groups in total. The molecule has 1 heterocycles. The van der Waals surface area contributed by atoms with Crippen LogP contribution >= 0.6 is 12.4 Å². The van der Waals surface area contributed by atoms with Crippen LogP contribution in [0.4, 0.5) is 8.78 Å². The lowest BCUT2D eigenvalue weighted by Crippen LogP contribution is -2.45. The summed E-state index contributed by atoms with van der Waals surface area (Å²) in [5.74, 6) is -3.17. The van der Waals surface area contributed by atoms with Gasteiger partial charge in [-0.2, -0.15) is 0 Å². The molecule has 0 aromatic heterocycles. The topological polar surface area (TPSA) is 12.0 Å². The van der Waals surface area contributed by atoms with E-state index in [2.05, 4.69) is 5.32 Å². The SMILES string of the molecule is Cl.FC(F)(C1CCCCC1)C1CCCNC1. The second-order valence-electron chi connectivity index (χ2n) is 5.05. The van der Waals surface area contributed by atoms with Crippen LogP contribution in [0.25, 0.3) is 0 Å². The van der Waals surface area contributed by atoms with Crippen molar-refractivity contribution < 1.29 is 8.78 Å². The van der Waals surface area contributed by atoms with Gasteiger partial charge < -0.3 is 5.32 Å². The Bertz CT molecular complexity index is 179. The lowest BCUT2D eigenvalue weighted by Gasteiger charge is -2.37. The van der Waals surface area contributed by atoms with Gasteiger partial charge in [-0.1, -0.05) is 19.3 Å². The Morgan fingerprint density at radius 2 is 1.50 bits per heavy atom. The zero-order chi connectivity index (χ0) is 10.7. The van der Waals surface area contributed by atoms with E-state index in [9.17, 15) is 8.78 Å². The van der Waals surface area contributed by atoms with Crippen LogP contribution in [-0.2, 0) is 0 Å². The zero-order valence-corrected chi connectivity index (χ0v) is 10.5. The van der Waals surface area contributed by atoms with Crippen molar-refractivity contribution in [1.29, 1.82) is 0 Å². The minimum Gasteiger partial charge on any atom is -0.316 e. The molecule has 2 aliphatic rings. The van der Waals surface area contributed by atoms with E-state index >= 15 is 0 Å². The fourth-order valence-electron chi connectivity index (χ4n) is 3.00. The molecule has 0 bridgehead atoms. The quantitative estimate of drug-likeness (QED) is 0.793. The first-order valence-corrected chi connectivity index (χ1v) is 6.30. The Kier molecular flexibility index (Phi) is 5.45. The number of rotatable bonds is 2. The molecule has 1 saturated carbocycles. The number of nitrogens with one attached hydrogen (secondary N) is 1. The van der Waals surface area contributed by atoms with E-state index in [1.807, 2.05) is 0 Å². The summed E-state index contributed by atoms with van der Waals surface area (Å²) in [5.41, 5.74) is 0. The van der Waals surface area contributed by atoms with Gasteiger partial charge in [-0.25, -0.2) is 8.78 Å². The van der Waals surface area contributed by atoms with Gasteiger partial charge in [0.15, 0.2) is 0 Å². The summed E-state index contributed by atoms with van der Waals surface area (Å²) in [6, 6.07) is 0. The average Bonchev–Trinajstić information content (AvgIpc) is 2.31. The Labute approximate surface area is 103 Å². The van der Waals surface area contributed by atoms with Gasteiger partial charge in [-0.15, -0.1) is 12.4 Å². The van der Waals surface area contributed by atoms with E-state index in [-0.39, 0.29) is 18.3 Å². The predicted octanol–water partition coefficient (Wildman–Crippen LogP) is 3.62. The molecule has 16 heavy (non-hydrogen) atoms. The van der Waals surface area contributed by atoms with Crippen molar-refractivity contribution in [2.24, 2.45) is 11.8 Å². The average molecular weight is 254 g/mol. The molecule has 0 spiro atoms. The summed E-state index contributed by atoms with van der Waals surface area (Å²) < 4.78 is 28.3. The van der Waals surface area contributed by atoms with Crippen LogP contribution in [0.5, 0.6) is 0 Å². The van der Waals surface area contributed by atoms with E-state index in [4.69, 9.17) is 0 Å². The van der Waals surface area contributed by atoms with E-state index in [1.165, 1.54) is 0 Å². The van der Waals surface area contributed by atoms with E-state index in [0.29, 0.717) is 13.0 Å². The fraction of sp³-hybridized carbons (Fsp3) is 1.00. The summed E-state index contributed by atoms with van der Waals surface area (Å²) in [4.78, 5) is 0. The van der Waals surface area contributed by atoms with Crippen molar-refractivity contribution in [3.63, 3.8) is 0 Å². The summed E-state index contributed by atoms with van der Waals surface area (Å²) in [7, 11) is 0. The Morgan fingerprint density at radius 3 is 2.06 bits per heavy atom. The highest BCUT2D eigenvalue weighted by Crippen LogP contribution is 2.43. The molecule has 1 atom stereocenters. The Morgan fingerprint density at radius 1 is 0.875 bits per heavy atom. The molecule has 2 fully saturated rings. The highest BCUT2D eigenvalue weighted by molar-refractivity contribution is 5.85. The van der Waals surface area contributed by atoms with Gasteiger partial charge in [0.05, 0.1) is 0 Å². The van der Waals surface area contributed by atoms with Gasteiger partial charge in [0.1, 0.15) is 0 Å². The highest BCUT2D eigenvalue weighted by atomic mass is 35.5. The van der Waals surface area contributed by atoms with Gasteiger partial charge >= 0.3 is 0 Å². The maximum Gasteiger partial charge on any atom is 0.254 e. The van der Waals surface area contributed by atoms with Gasteiger partial charge in [-0.3, -0.25) is 0 Å². The summed E-state index contributed by atoms with van der Waals surface area (Å²) in [6.45, 7) is 1.43. The van der Waals surface area contributed by atoms with Crippen molar-refractivity contribution in [3.05, 3.63) is 0 Å². The molecule has 0 amide bonds. The van der Waals surface area contributed by atoms with Crippen LogP contribution in [0, 0.1) is 11.8 Å². The minimum atomic E-state index is -2.42. The maximum absolute atomic E-state index is 14.2. The molecule has 96 valence electrons. The number of halogens is 3. The number of hydrogen-bond donors (Lipinski definition) is 1. The monoisotopic (exact) mass is 253 g/mol. The van der Waals surface area contributed by atoms with Crippen molar-refractivity contribution in [3.8, 4) is 0 Å². The van der Waals surface area contributed by atoms with Crippen molar-refractivity contribution in [2.45, 2.75) is 50.9 Å². The zero-order valence-electron chi connectivity index (χ0n) is 9.68. The summed E-state index contributed by atoms with van der Waals surface area (Å²) in [6.07, 6.45) is 6.24. The molecular weight excluding hydrogens is 232 g/mol. The summed E-state index contributed by atoms with van der Waals surface area (Å²) >= 11 is 0. The minimum absolute atomic E-state index is 0. The molecule has 1 aliphatic carbocycles. The molecule has 2 rings (SSSR count). The number of hydrogen-bond acceptors (Lipinski definition) is 1. The van der Waals surface area contributed by atoms with Crippen LogP contribution < -0.4 is 5.32 Å². The molecule has 0 aromatic carbocycles. The largest absolute Gasteiger partial charge is 0.316 e. The molecule has 4 heteroatoms. The molecule has 1 aliphatic heterocycles. The van der Waals surface area contributed by atoms with Crippen LogP contribution in [-0.4, -0.2) is 19.0 Å². The van der Waals surface area contributed by atoms with Crippen molar-refractivity contribution in [2.75, 3.05) is 13.1 Å². The highest BCUT2D eigenvalue weighted by Gasteiger charge is 2.46. The molecule has 1 unspecified atom stereocenters. The smallest absolute Gasteiger partial charge is 0.254 e. The molecule has 1 saturated heterocycles. The standard InChI is InChI=1S/C12H21F2N.ClH/c13-12(14,10-5-2-1-3-6-10)11-7-4-8-15-9-11;/h10-11,15H,1-9H2;1H. The predicted molar refractivity (Wildman–Crippen MR) is 64.4 cm³/mol. The first kappa shape index (κ1) is 14.2. The van der Waals surface area contributed by atoms with Crippen LogP contribution in [0.15, 0.2) is 0 Å². The maximum atomic E-state index is 14.2. The number of piperidine rings is 1. The third-order valence-corrected chi connectivity index (χ3v) is 3.99. The molecular formula is C12H22ClF2N. The summed E-state index contributed by atoms with van der Waals surface area (Å²) in [5, 5.41) is 3.10. The third-order valence-electron chi connectivity index (χ3n) is 3.99. The Balaban J connectivity index is 0.00000128. The van der Waals surface area contributed by atoms with Crippen molar-refractivity contribution in [1.82, 2.24) is 5.32 Å². The molecule has 1 nitrogen and oxygen atoms in total. The third kappa shape index (κ3) is 3.07. The second-order valence-corrected chi connectivity index (χ2v) is 5.05.